The van der Waals surface area contributed by atoms with Gasteiger partial charge in [-0.15, -0.1) is 0 Å². The van der Waals surface area contributed by atoms with Crippen LogP contribution >= 0.6 is 0 Å². The molecular formula is C21H29N5O5S. The van der Waals surface area contributed by atoms with Crippen LogP contribution < -0.4 is 11.4 Å². The van der Waals surface area contributed by atoms with Crippen molar-refractivity contribution in [2.75, 3.05) is 5.73 Å². The summed E-state index contributed by atoms with van der Waals surface area (Å²) in [6.45, 7) is 9.08. The van der Waals surface area contributed by atoms with E-state index in [2.05, 4.69) is 23.8 Å². The number of hydrogen-bond donors (Lipinski definition) is 2. The van der Waals surface area contributed by atoms with Crippen LogP contribution in [0.25, 0.3) is 11.2 Å². The number of rotatable bonds is 5. The molecule has 0 amide bonds. The molecule has 2 aromatic heterocycles. The fraction of sp³-hybridized carbons (Fsp3) is 0.429. The molecule has 174 valence electrons. The second-order valence-electron chi connectivity index (χ2n) is 8.11. The van der Waals surface area contributed by atoms with Crippen molar-refractivity contribution in [1.29, 1.82) is 0 Å². The highest BCUT2D eigenvalue weighted by Gasteiger charge is 2.25. The molecule has 0 bridgehead atoms. The zero-order valence-electron chi connectivity index (χ0n) is 18.9. The maximum atomic E-state index is 13.1. The van der Waals surface area contributed by atoms with E-state index >= 15 is 0 Å². The van der Waals surface area contributed by atoms with Crippen molar-refractivity contribution < 1.29 is 18.3 Å². The van der Waals surface area contributed by atoms with Crippen LogP contribution in [0.4, 0.5) is 5.82 Å². The van der Waals surface area contributed by atoms with Crippen molar-refractivity contribution in [3.63, 3.8) is 0 Å². The van der Waals surface area contributed by atoms with Gasteiger partial charge in [-0.25, -0.2) is 9.00 Å². The van der Waals surface area contributed by atoms with Crippen molar-refractivity contribution >= 4 is 34.0 Å². The molecule has 0 radical (unpaired) electrons. The number of nitrogens with zero attached hydrogens (tertiary/aromatic N) is 4. The number of aromatic nitrogens is 4. The number of carbonyl (C=O) groups is 1. The average Bonchev–Trinajstić information content (AvgIpc) is 2.98. The molecule has 1 aromatic carbocycles. The molecule has 1 atom stereocenters. The lowest BCUT2D eigenvalue weighted by Crippen LogP contribution is -2.29. The number of nitrogens with two attached hydrogens (primary N) is 1. The van der Waals surface area contributed by atoms with E-state index in [4.69, 9.17) is 10.5 Å². The molecule has 32 heavy (non-hydrogen) atoms. The molecule has 0 aliphatic carbocycles. The number of fused-ring (bicyclic) bond motifs is 1. The van der Waals surface area contributed by atoms with Crippen LogP contribution in [0.2, 0.25) is 0 Å². The lowest BCUT2D eigenvalue weighted by atomic mass is 9.98. The SMILES string of the molecule is CC(C)(C)C(=O)OCn1c(=O)n(Cc2ccccc2)c2nc(S(=O)O)nc(N)c21.CCC. The molecule has 0 saturated carbocycles. The van der Waals surface area contributed by atoms with Crippen LogP contribution in [-0.2, 0) is 33.9 Å². The highest BCUT2D eigenvalue weighted by atomic mass is 32.2. The Morgan fingerprint density at radius 3 is 2.28 bits per heavy atom. The standard InChI is InChI=1S/C18H21N5O5S.C3H8/c1-18(2,3)15(24)28-10-23-12-13(19)20-16(29(26)27)21-14(12)22(17(23)25)9-11-7-5-4-6-8-11;1-3-2/h4-8H,9-10H2,1-3H3,(H,26,27)(H2,19,20,21);3H2,1-2H3. The summed E-state index contributed by atoms with van der Waals surface area (Å²) in [5, 5.41) is -0.416. The van der Waals surface area contributed by atoms with Gasteiger partial charge in [-0.2, -0.15) is 9.97 Å². The number of imidazole rings is 1. The van der Waals surface area contributed by atoms with Gasteiger partial charge in [0, 0.05) is 0 Å². The van der Waals surface area contributed by atoms with Gasteiger partial charge in [0.15, 0.2) is 18.2 Å². The van der Waals surface area contributed by atoms with Gasteiger partial charge < -0.3 is 10.5 Å². The maximum Gasteiger partial charge on any atom is 0.333 e. The topological polar surface area (TPSA) is 142 Å². The fourth-order valence-corrected chi connectivity index (χ4v) is 3.01. The molecule has 0 saturated heterocycles. The van der Waals surface area contributed by atoms with Crippen molar-refractivity contribution in [3.05, 3.63) is 46.4 Å². The van der Waals surface area contributed by atoms with E-state index in [0.717, 1.165) is 10.1 Å². The molecule has 0 fully saturated rings. The number of anilines is 1. The zero-order chi connectivity index (χ0) is 24.1. The number of ether oxygens (including phenoxy) is 1. The van der Waals surface area contributed by atoms with Crippen molar-refractivity contribution in [2.45, 2.75) is 59.5 Å². The van der Waals surface area contributed by atoms with Gasteiger partial charge in [-0.3, -0.25) is 18.5 Å². The first kappa shape index (κ1) is 25.2. The van der Waals surface area contributed by atoms with Gasteiger partial charge in [-0.05, 0) is 26.3 Å². The first-order chi connectivity index (χ1) is 15.0. The second-order valence-corrected chi connectivity index (χ2v) is 8.98. The summed E-state index contributed by atoms with van der Waals surface area (Å²) in [6, 6.07) is 9.13. The fourth-order valence-electron chi connectivity index (χ4n) is 2.66. The van der Waals surface area contributed by atoms with Crippen LogP contribution in [0.1, 0.15) is 46.6 Å². The molecule has 3 rings (SSSR count). The van der Waals surface area contributed by atoms with Crippen molar-refractivity contribution in [3.8, 4) is 0 Å². The summed E-state index contributed by atoms with van der Waals surface area (Å²) in [5.41, 5.74) is 5.68. The largest absolute Gasteiger partial charge is 0.443 e. The number of esters is 1. The number of benzene rings is 1. The Labute approximate surface area is 188 Å². The van der Waals surface area contributed by atoms with E-state index in [1.54, 1.807) is 20.8 Å². The van der Waals surface area contributed by atoms with Crippen LogP contribution in [0.3, 0.4) is 0 Å². The lowest BCUT2D eigenvalue weighted by molar-refractivity contribution is -0.156. The van der Waals surface area contributed by atoms with Crippen LogP contribution in [0.15, 0.2) is 40.3 Å². The molecule has 0 aliphatic rings. The first-order valence-electron chi connectivity index (χ1n) is 10.1. The third-order valence-corrected chi connectivity index (χ3v) is 4.63. The molecular weight excluding hydrogens is 434 g/mol. The molecule has 3 N–H and O–H groups in total. The van der Waals surface area contributed by atoms with E-state index in [1.165, 1.54) is 11.0 Å². The van der Waals surface area contributed by atoms with E-state index in [-0.39, 0.29) is 30.3 Å². The van der Waals surface area contributed by atoms with Crippen LogP contribution in [-0.4, -0.2) is 33.8 Å². The van der Waals surface area contributed by atoms with Gasteiger partial charge in [0.05, 0.1) is 12.0 Å². The Morgan fingerprint density at radius 1 is 1.16 bits per heavy atom. The number of hydrogen-bond acceptors (Lipinski definition) is 7. The molecule has 0 spiro atoms. The van der Waals surface area contributed by atoms with Crippen molar-refractivity contribution in [2.24, 2.45) is 5.41 Å². The number of carbonyl (C=O) groups excluding carboxylic acids is 1. The van der Waals surface area contributed by atoms with Gasteiger partial charge in [0.2, 0.25) is 11.1 Å². The third-order valence-electron chi connectivity index (χ3n) is 4.14. The minimum absolute atomic E-state index is 0.0792. The highest BCUT2D eigenvalue weighted by molar-refractivity contribution is 7.79. The van der Waals surface area contributed by atoms with E-state index in [0.29, 0.717) is 0 Å². The van der Waals surface area contributed by atoms with Gasteiger partial charge in [-0.1, -0.05) is 50.6 Å². The number of nitrogen functional groups attached to an aromatic ring is 1. The predicted octanol–water partition coefficient (Wildman–Crippen LogP) is 2.77. The Bertz CT molecular complexity index is 1170. The summed E-state index contributed by atoms with van der Waals surface area (Å²) in [5.74, 6) is -0.663. The first-order valence-corrected chi connectivity index (χ1v) is 11.2. The Morgan fingerprint density at radius 2 is 1.75 bits per heavy atom. The average molecular weight is 464 g/mol. The quantitative estimate of drug-likeness (QED) is 0.334. The molecule has 11 heteroatoms. The summed E-state index contributed by atoms with van der Waals surface area (Å²) < 4.78 is 28.5. The summed E-state index contributed by atoms with van der Waals surface area (Å²) >= 11 is -2.48. The highest BCUT2D eigenvalue weighted by Crippen LogP contribution is 2.21. The second kappa shape index (κ2) is 10.5. The van der Waals surface area contributed by atoms with Gasteiger partial charge in [0.25, 0.3) is 5.16 Å². The zero-order valence-corrected chi connectivity index (χ0v) is 19.7. The van der Waals surface area contributed by atoms with Crippen molar-refractivity contribution in [1.82, 2.24) is 19.1 Å². The minimum atomic E-state index is -2.48. The normalized spacial score (nSPS) is 12.2. The van der Waals surface area contributed by atoms with E-state index in [9.17, 15) is 18.4 Å². The molecule has 2 heterocycles. The molecule has 3 aromatic rings. The Hall–Kier alpha value is -3.05. The monoisotopic (exact) mass is 463 g/mol. The summed E-state index contributed by atoms with van der Waals surface area (Å²) in [7, 11) is 0. The smallest absolute Gasteiger partial charge is 0.333 e. The lowest BCUT2D eigenvalue weighted by Gasteiger charge is -2.16. The van der Waals surface area contributed by atoms with Gasteiger partial charge >= 0.3 is 11.7 Å². The molecule has 1 unspecified atom stereocenters. The maximum absolute atomic E-state index is 13.1. The minimum Gasteiger partial charge on any atom is -0.443 e. The van der Waals surface area contributed by atoms with Crippen LogP contribution in [0.5, 0.6) is 0 Å². The van der Waals surface area contributed by atoms with Crippen LogP contribution in [0, 0.1) is 5.41 Å². The Kier molecular flexibility index (Phi) is 8.28. The molecule has 0 aliphatic heterocycles. The molecule has 10 nitrogen and oxygen atoms in total. The summed E-state index contributed by atoms with van der Waals surface area (Å²) in [6.07, 6.45) is 1.25. The van der Waals surface area contributed by atoms with E-state index in [1.807, 2.05) is 30.3 Å². The van der Waals surface area contributed by atoms with E-state index < -0.39 is 33.3 Å². The predicted molar refractivity (Wildman–Crippen MR) is 122 cm³/mol. The summed E-state index contributed by atoms with van der Waals surface area (Å²) in [4.78, 5) is 33.0. The van der Waals surface area contributed by atoms with Gasteiger partial charge in [0.1, 0.15) is 5.52 Å². The Balaban J connectivity index is 0.00000114. The third kappa shape index (κ3) is 5.80.